The number of carbonyl (C=O) groups is 2. The Morgan fingerprint density at radius 2 is 1.47 bits per heavy atom. The molecule has 1 N–H and O–H groups in total. The molecule has 0 radical (unpaired) electrons. The van der Waals surface area contributed by atoms with E-state index in [-0.39, 0.29) is 11.9 Å². The normalized spacial score (nSPS) is 14.2. The van der Waals surface area contributed by atoms with Gasteiger partial charge in [0, 0.05) is 42.2 Å². The van der Waals surface area contributed by atoms with Crippen molar-refractivity contribution in [1.29, 1.82) is 0 Å². The van der Waals surface area contributed by atoms with Crippen molar-refractivity contribution < 1.29 is 19.4 Å². The Kier molecular flexibility index (Phi) is 14.1. The molecule has 4 rings (SSSR count). The molecule has 10 heteroatoms. The van der Waals surface area contributed by atoms with Crippen molar-refractivity contribution >= 4 is 34.6 Å². The van der Waals surface area contributed by atoms with Gasteiger partial charge in [0.2, 0.25) is 5.91 Å². The summed E-state index contributed by atoms with van der Waals surface area (Å²) in [6, 6.07) is 0. The summed E-state index contributed by atoms with van der Waals surface area (Å²) >= 11 is 3.36. The monoisotopic (exact) mass is 512 g/mol. The first-order valence-corrected chi connectivity index (χ1v) is 13.7. The Bertz CT molecular complexity index is 898. The molecule has 1 amide bonds. The second-order valence-corrected chi connectivity index (χ2v) is 9.77. The van der Waals surface area contributed by atoms with Crippen molar-refractivity contribution in [3.63, 3.8) is 0 Å². The van der Waals surface area contributed by atoms with Crippen molar-refractivity contribution in [1.82, 2.24) is 19.8 Å². The highest BCUT2D eigenvalue weighted by molar-refractivity contribution is 7.12. The lowest BCUT2D eigenvalue weighted by Crippen LogP contribution is -2.37. The smallest absolute Gasteiger partial charge is 0.320 e. The zero-order valence-corrected chi connectivity index (χ0v) is 23.3. The second kappa shape index (κ2) is 15.9. The molecule has 0 bridgehead atoms. The summed E-state index contributed by atoms with van der Waals surface area (Å²) in [5.41, 5.74) is 2.33. The lowest BCUT2D eigenvalue weighted by molar-refractivity contribution is -0.144. The summed E-state index contributed by atoms with van der Waals surface area (Å²) in [6.45, 7) is 17.3. The van der Waals surface area contributed by atoms with E-state index in [0.29, 0.717) is 26.2 Å². The van der Waals surface area contributed by atoms with E-state index in [0.717, 1.165) is 46.5 Å². The molecule has 192 valence electrons. The van der Waals surface area contributed by atoms with E-state index in [1.54, 1.807) is 27.6 Å². The van der Waals surface area contributed by atoms with Crippen molar-refractivity contribution in [2.75, 3.05) is 32.8 Å². The molecule has 34 heavy (non-hydrogen) atoms. The van der Waals surface area contributed by atoms with Gasteiger partial charge in [-0.2, -0.15) is 0 Å². The Morgan fingerprint density at radius 1 is 0.941 bits per heavy atom. The average molecular weight is 513 g/mol. The minimum Gasteiger partial charge on any atom is -0.465 e. The van der Waals surface area contributed by atoms with E-state index in [1.807, 2.05) is 48.5 Å². The average Bonchev–Trinajstić information content (AvgIpc) is 3.41. The number of aromatic nitrogens is 2. The number of esters is 1. The second-order valence-electron chi connectivity index (χ2n) is 7.19. The molecule has 0 fully saturated rings. The van der Waals surface area contributed by atoms with Crippen molar-refractivity contribution in [3.05, 3.63) is 31.2 Å². The van der Waals surface area contributed by atoms with E-state index in [2.05, 4.69) is 14.9 Å². The van der Waals surface area contributed by atoms with Gasteiger partial charge in [0.05, 0.1) is 41.1 Å². The topological polar surface area (TPSA) is 95.9 Å². The van der Waals surface area contributed by atoms with Gasteiger partial charge in [-0.15, -0.1) is 22.7 Å². The molecule has 2 aromatic rings. The van der Waals surface area contributed by atoms with Crippen LogP contribution in [0.2, 0.25) is 0 Å². The summed E-state index contributed by atoms with van der Waals surface area (Å²) in [6.07, 6.45) is 1.75. The third-order valence-electron chi connectivity index (χ3n) is 4.90. The van der Waals surface area contributed by atoms with Crippen LogP contribution in [-0.4, -0.2) is 69.6 Å². The molecule has 2 aliphatic heterocycles. The van der Waals surface area contributed by atoms with Gasteiger partial charge < -0.3 is 14.7 Å². The molecule has 0 spiro atoms. The number of nitrogens with zero attached hydrogens (tertiary/aromatic N) is 4. The fourth-order valence-corrected chi connectivity index (χ4v) is 5.56. The van der Waals surface area contributed by atoms with Crippen LogP contribution in [0.5, 0.6) is 0 Å². The van der Waals surface area contributed by atoms with Gasteiger partial charge in [0.25, 0.3) is 0 Å². The third-order valence-corrected chi connectivity index (χ3v) is 6.90. The molecular weight excluding hydrogens is 472 g/mol. The molecule has 0 saturated carbocycles. The van der Waals surface area contributed by atoms with E-state index >= 15 is 0 Å². The molecule has 2 aliphatic rings. The molecule has 0 saturated heterocycles. The first-order valence-electron chi connectivity index (χ1n) is 12.1. The highest BCUT2D eigenvalue weighted by Crippen LogP contribution is 2.25. The van der Waals surface area contributed by atoms with E-state index in [1.165, 1.54) is 10.6 Å². The Balaban J connectivity index is 0.000000299. The summed E-state index contributed by atoms with van der Waals surface area (Å²) < 4.78 is 4.94. The quantitative estimate of drug-likeness (QED) is 0.623. The molecule has 0 aromatic carbocycles. The number of aliphatic hydroxyl groups excluding tert-OH is 1. The van der Waals surface area contributed by atoms with Crippen LogP contribution in [0.3, 0.4) is 0 Å². The number of aryl methyl sites for hydroxylation is 2. The number of aliphatic hydroxyl groups is 1. The zero-order chi connectivity index (χ0) is 25.7. The number of ether oxygens (including phenoxy) is 1. The number of rotatable bonds is 4. The molecule has 0 aliphatic carbocycles. The number of hydrogen-bond donors (Lipinski definition) is 1. The Hall–Kier alpha value is -1.88. The zero-order valence-electron chi connectivity index (χ0n) is 21.6. The fourth-order valence-electron chi connectivity index (χ4n) is 3.54. The minimum atomic E-state index is -0.396. The van der Waals surface area contributed by atoms with Crippen LogP contribution in [0, 0.1) is 13.8 Å². The molecule has 0 atom stereocenters. The van der Waals surface area contributed by atoms with E-state index < -0.39 is 6.61 Å². The number of carbonyl (C=O) groups excluding carboxylic acids is 2. The minimum absolute atomic E-state index is 0.132. The summed E-state index contributed by atoms with van der Waals surface area (Å²) in [5, 5.41) is 10.9. The highest BCUT2D eigenvalue weighted by Gasteiger charge is 2.23. The van der Waals surface area contributed by atoms with Crippen LogP contribution in [0.25, 0.3) is 0 Å². The van der Waals surface area contributed by atoms with Gasteiger partial charge in [-0.05, 0) is 20.8 Å². The van der Waals surface area contributed by atoms with Crippen molar-refractivity contribution in [2.45, 2.75) is 74.4 Å². The van der Waals surface area contributed by atoms with Gasteiger partial charge in [0.1, 0.15) is 6.61 Å². The van der Waals surface area contributed by atoms with Crippen molar-refractivity contribution in [2.24, 2.45) is 0 Å². The summed E-state index contributed by atoms with van der Waals surface area (Å²) in [4.78, 5) is 37.7. The first kappa shape index (κ1) is 30.2. The van der Waals surface area contributed by atoms with Gasteiger partial charge in [0.15, 0.2) is 0 Å². The maximum atomic E-state index is 11.4. The molecule has 8 nitrogen and oxygen atoms in total. The fraction of sp³-hybridized carbons (Fsp3) is 0.667. The maximum Gasteiger partial charge on any atom is 0.320 e. The third kappa shape index (κ3) is 9.05. The van der Waals surface area contributed by atoms with Crippen LogP contribution >= 0.6 is 22.7 Å². The first-order chi connectivity index (χ1) is 16.4. The lowest BCUT2D eigenvalue weighted by atomic mass is 10.2. The van der Waals surface area contributed by atoms with Crippen LogP contribution in [0.15, 0.2) is 0 Å². The lowest BCUT2D eigenvalue weighted by Gasteiger charge is -2.25. The van der Waals surface area contributed by atoms with Gasteiger partial charge in [-0.25, -0.2) is 9.97 Å². The predicted molar refractivity (Wildman–Crippen MR) is 138 cm³/mol. The highest BCUT2D eigenvalue weighted by atomic mass is 32.1. The summed E-state index contributed by atoms with van der Waals surface area (Å²) in [5.74, 6) is -0.325. The van der Waals surface area contributed by atoms with Gasteiger partial charge in [-0.3, -0.25) is 14.5 Å². The molecule has 4 heterocycles. The number of amides is 1. The largest absolute Gasteiger partial charge is 0.465 e. The summed E-state index contributed by atoms with van der Waals surface area (Å²) in [7, 11) is 0. The maximum absolute atomic E-state index is 11.4. The standard InChI is InChI=1S/C11H16N2O2S.C9H12N2O2S.2C2H6/c1-3-15-11(14)7-13-5-4-9-10(6-13)16-8(2)12-9;1-6-10-7-2-3-11(9(13)5-12)4-8(7)14-6;2*1-2/h3-7H2,1-2H3;12H,2-5H2,1H3;2*1-2H3. The number of fused-ring (bicyclic) bond motifs is 2. The Morgan fingerprint density at radius 3 is 2.00 bits per heavy atom. The van der Waals surface area contributed by atoms with Crippen molar-refractivity contribution in [3.8, 4) is 0 Å². The van der Waals surface area contributed by atoms with Crippen LogP contribution < -0.4 is 0 Å². The molecular formula is C24H40N4O4S2. The SMILES string of the molecule is CC.CC.CCOC(=O)CN1CCc2nc(C)sc2C1.Cc1nc2c(s1)CN(C(=O)CO)CC2. The van der Waals surface area contributed by atoms with Crippen LogP contribution in [0.1, 0.15) is 65.8 Å². The van der Waals surface area contributed by atoms with Gasteiger partial charge in [-0.1, -0.05) is 27.7 Å². The Labute approximate surface area is 212 Å². The number of hydrogen-bond acceptors (Lipinski definition) is 9. The molecule has 2 aromatic heterocycles. The predicted octanol–water partition coefficient (Wildman–Crippen LogP) is 3.75. The van der Waals surface area contributed by atoms with Crippen LogP contribution in [-0.2, 0) is 40.3 Å². The van der Waals surface area contributed by atoms with E-state index in [9.17, 15) is 9.59 Å². The van der Waals surface area contributed by atoms with E-state index in [4.69, 9.17) is 9.84 Å². The number of thiazole rings is 2. The molecule has 0 unspecified atom stereocenters. The van der Waals surface area contributed by atoms with Crippen LogP contribution in [0.4, 0.5) is 0 Å². The van der Waals surface area contributed by atoms with Gasteiger partial charge >= 0.3 is 5.97 Å².